The van der Waals surface area contributed by atoms with Crippen molar-refractivity contribution >= 4 is 22.3 Å². The lowest BCUT2D eigenvalue weighted by Gasteiger charge is -2.01. The van der Waals surface area contributed by atoms with Gasteiger partial charge in [-0.25, -0.2) is 4.98 Å². The number of anilines is 1. The number of hydrogen-bond donors (Lipinski definition) is 1. The first-order valence-electron chi connectivity index (χ1n) is 6.03. The number of pyridine rings is 1. The monoisotopic (exact) mass is 281 g/mol. The van der Waals surface area contributed by atoms with Crippen LogP contribution in [-0.4, -0.2) is 15.8 Å². The Balaban J connectivity index is 2.09. The second kappa shape index (κ2) is 5.22. The number of thiazole rings is 1. The Labute approximate surface area is 119 Å². The minimum absolute atomic E-state index is 0.154. The minimum atomic E-state index is -0.154. The number of nitrogens with zero attached hydrogens (tertiary/aromatic N) is 2. The Morgan fingerprint density at radius 1 is 1.05 bits per heavy atom. The van der Waals surface area contributed by atoms with Gasteiger partial charge < -0.3 is 5.73 Å². The number of nitrogens with two attached hydrogens (primary N) is 1. The normalized spacial score (nSPS) is 10.4. The number of carbonyl (C=O) groups is 1. The average Bonchev–Trinajstić information content (AvgIpc) is 2.90. The van der Waals surface area contributed by atoms with Gasteiger partial charge in [0.1, 0.15) is 10.6 Å². The van der Waals surface area contributed by atoms with Crippen molar-refractivity contribution < 1.29 is 4.79 Å². The molecule has 0 aliphatic rings. The van der Waals surface area contributed by atoms with E-state index in [4.69, 9.17) is 5.73 Å². The zero-order chi connectivity index (χ0) is 13.9. The first-order valence-corrected chi connectivity index (χ1v) is 6.85. The zero-order valence-corrected chi connectivity index (χ0v) is 11.3. The van der Waals surface area contributed by atoms with Crippen LogP contribution < -0.4 is 5.73 Å². The molecule has 98 valence electrons. The molecule has 2 heterocycles. The molecule has 1 aromatic carbocycles. The maximum Gasteiger partial charge on any atom is 0.223 e. The van der Waals surface area contributed by atoms with Crippen LogP contribution in [0.3, 0.4) is 0 Å². The highest BCUT2D eigenvalue weighted by Gasteiger charge is 2.20. The molecule has 0 aliphatic heterocycles. The predicted molar refractivity (Wildman–Crippen MR) is 79.6 cm³/mol. The molecular weight excluding hydrogens is 270 g/mol. The Bertz CT molecular complexity index is 738. The molecule has 0 spiro atoms. The van der Waals surface area contributed by atoms with Gasteiger partial charge >= 0.3 is 0 Å². The largest absolute Gasteiger partial charge is 0.375 e. The van der Waals surface area contributed by atoms with E-state index in [0.717, 1.165) is 5.56 Å². The Kier molecular flexibility index (Phi) is 3.26. The molecule has 0 atom stereocenters. The summed E-state index contributed by atoms with van der Waals surface area (Å²) in [6.07, 6.45) is 1.60. The van der Waals surface area contributed by atoms with Gasteiger partial charge in [0.05, 0.1) is 5.69 Å². The van der Waals surface area contributed by atoms with Crippen molar-refractivity contribution in [1.29, 1.82) is 0 Å². The molecule has 5 heteroatoms. The van der Waals surface area contributed by atoms with Crippen LogP contribution in [0.5, 0.6) is 0 Å². The second-order valence-corrected chi connectivity index (χ2v) is 5.17. The molecule has 0 bridgehead atoms. The lowest BCUT2D eigenvalue weighted by Crippen LogP contribution is -2.03. The van der Waals surface area contributed by atoms with Crippen LogP contribution in [0, 0.1) is 0 Å². The summed E-state index contributed by atoms with van der Waals surface area (Å²) >= 11 is 1.19. The van der Waals surface area contributed by atoms with E-state index in [0.29, 0.717) is 21.4 Å². The van der Waals surface area contributed by atoms with Gasteiger partial charge in [-0.15, -0.1) is 0 Å². The first-order chi connectivity index (χ1) is 9.75. The molecule has 4 nitrogen and oxygen atoms in total. The van der Waals surface area contributed by atoms with Crippen molar-refractivity contribution in [3.05, 3.63) is 65.3 Å². The van der Waals surface area contributed by atoms with Crippen molar-refractivity contribution in [2.24, 2.45) is 0 Å². The lowest BCUT2D eigenvalue weighted by molar-refractivity contribution is 0.103. The molecule has 0 fully saturated rings. The number of rotatable bonds is 3. The van der Waals surface area contributed by atoms with Gasteiger partial charge in [-0.2, -0.15) is 0 Å². The minimum Gasteiger partial charge on any atom is -0.375 e. The summed E-state index contributed by atoms with van der Waals surface area (Å²) in [6, 6.07) is 14.8. The highest BCUT2D eigenvalue weighted by Crippen LogP contribution is 2.31. The standard InChI is InChI=1S/C15H11N3OS/c16-15-18-12(10-6-2-1-3-7-10)14(20-15)13(19)11-8-4-5-9-17-11/h1-9H,(H2,16,18). The summed E-state index contributed by atoms with van der Waals surface area (Å²) in [5.41, 5.74) is 7.65. The fraction of sp³-hybridized carbons (Fsp3) is 0. The fourth-order valence-corrected chi connectivity index (χ4v) is 2.70. The second-order valence-electron chi connectivity index (χ2n) is 4.14. The Hall–Kier alpha value is -2.53. The third-order valence-corrected chi connectivity index (χ3v) is 3.68. The molecule has 0 amide bonds. The molecule has 0 saturated carbocycles. The van der Waals surface area contributed by atoms with E-state index in [2.05, 4.69) is 9.97 Å². The summed E-state index contributed by atoms with van der Waals surface area (Å²) in [5, 5.41) is 0.378. The lowest BCUT2D eigenvalue weighted by atomic mass is 10.1. The van der Waals surface area contributed by atoms with Gasteiger partial charge in [-0.1, -0.05) is 47.7 Å². The molecule has 0 aliphatic carbocycles. The highest BCUT2D eigenvalue weighted by molar-refractivity contribution is 7.18. The molecule has 3 rings (SSSR count). The Morgan fingerprint density at radius 3 is 2.50 bits per heavy atom. The van der Waals surface area contributed by atoms with Crippen molar-refractivity contribution in [1.82, 2.24) is 9.97 Å². The van der Waals surface area contributed by atoms with Crippen LogP contribution in [0.1, 0.15) is 15.4 Å². The van der Waals surface area contributed by atoms with E-state index >= 15 is 0 Å². The number of benzene rings is 1. The summed E-state index contributed by atoms with van der Waals surface area (Å²) in [4.78, 5) is 21.4. The molecule has 0 saturated heterocycles. The van der Waals surface area contributed by atoms with Gasteiger partial charge in [0.15, 0.2) is 5.13 Å². The van der Waals surface area contributed by atoms with Crippen molar-refractivity contribution in [3.63, 3.8) is 0 Å². The maximum atomic E-state index is 12.5. The topological polar surface area (TPSA) is 68.9 Å². The highest BCUT2D eigenvalue weighted by atomic mass is 32.1. The summed E-state index contributed by atoms with van der Waals surface area (Å²) in [5.74, 6) is -0.154. The number of nitrogen functional groups attached to an aromatic ring is 1. The summed E-state index contributed by atoms with van der Waals surface area (Å²) in [7, 11) is 0. The third kappa shape index (κ3) is 2.31. The van der Waals surface area contributed by atoms with Gasteiger partial charge in [0.25, 0.3) is 0 Å². The van der Waals surface area contributed by atoms with Crippen LogP contribution in [0.15, 0.2) is 54.7 Å². The van der Waals surface area contributed by atoms with Crippen LogP contribution in [0.2, 0.25) is 0 Å². The zero-order valence-electron chi connectivity index (χ0n) is 10.5. The van der Waals surface area contributed by atoms with Crippen LogP contribution >= 0.6 is 11.3 Å². The quantitative estimate of drug-likeness (QED) is 0.749. The Morgan fingerprint density at radius 2 is 1.80 bits per heavy atom. The van der Waals surface area contributed by atoms with Gasteiger partial charge in [-0.05, 0) is 12.1 Å². The fourth-order valence-electron chi connectivity index (χ4n) is 1.90. The van der Waals surface area contributed by atoms with E-state index in [1.807, 2.05) is 30.3 Å². The SMILES string of the molecule is Nc1nc(-c2ccccc2)c(C(=O)c2ccccn2)s1. The molecule has 3 aromatic rings. The van der Waals surface area contributed by atoms with Gasteiger partial charge in [-0.3, -0.25) is 9.78 Å². The van der Waals surface area contributed by atoms with Crippen molar-refractivity contribution in [2.45, 2.75) is 0 Å². The molecule has 0 unspecified atom stereocenters. The number of aromatic nitrogens is 2. The molecule has 20 heavy (non-hydrogen) atoms. The number of hydrogen-bond acceptors (Lipinski definition) is 5. The molecule has 2 aromatic heterocycles. The number of carbonyl (C=O) groups excluding carboxylic acids is 1. The van der Waals surface area contributed by atoms with Crippen molar-refractivity contribution in [2.75, 3.05) is 5.73 Å². The smallest absolute Gasteiger partial charge is 0.223 e. The van der Waals surface area contributed by atoms with Crippen LogP contribution in [0.25, 0.3) is 11.3 Å². The van der Waals surface area contributed by atoms with Crippen molar-refractivity contribution in [3.8, 4) is 11.3 Å². The van der Waals surface area contributed by atoms with Crippen LogP contribution in [0.4, 0.5) is 5.13 Å². The maximum absolute atomic E-state index is 12.5. The van der Waals surface area contributed by atoms with E-state index in [1.165, 1.54) is 11.3 Å². The van der Waals surface area contributed by atoms with E-state index in [1.54, 1.807) is 24.4 Å². The predicted octanol–water partition coefficient (Wildman–Crippen LogP) is 3.02. The van der Waals surface area contributed by atoms with E-state index in [-0.39, 0.29) is 5.78 Å². The van der Waals surface area contributed by atoms with E-state index in [9.17, 15) is 4.79 Å². The average molecular weight is 281 g/mol. The first kappa shape index (κ1) is 12.5. The molecule has 0 radical (unpaired) electrons. The van der Waals surface area contributed by atoms with Gasteiger partial charge in [0, 0.05) is 11.8 Å². The van der Waals surface area contributed by atoms with Gasteiger partial charge in [0.2, 0.25) is 5.78 Å². The molecular formula is C15H11N3OS. The molecule has 2 N–H and O–H groups in total. The summed E-state index contributed by atoms with van der Waals surface area (Å²) < 4.78 is 0. The number of ketones is 1. The van der Waals surface area contributed by atoms with E-state index < -0.39 is 0 Å². The van der Waals surface area contributed by atoms with Crippen LogP contribution in [-0.2, 0) is 0 Å². The summed E-state index contributed by atoms with van der Waals surface area (Å²) in [6.45, 7) is 0. The third-order valence-electron chi connectivity index (χ3n) is 2.79.